The molecular weight excluding hydrogens is 128 g/mol. The average Bonchev–Trinajstić information content (AvgIpc) is 1.77. The normalized spacial score (nSPS) is 34.0. The minimum absolute atomic E-state index is 1.07. The molecule has 0 bridgehead atoms. The molecule has 0 nitrogen and oxygen atoms in total. The molecule has 0 aromatic heterocycles. The third kappa shape index (κ3) is 1.89. The van der Waals surface area contributed by atoms with Gasteiger partial charge in [0.1, 0.15) is 0 Å². The van der Waals surface area contributed by atoms with Gasteiger partial charge in [-0.15, -0.1) is 0 Å². The van der Waals surface area contributed by atoms with Crippen molar-refractivity contribution >= 4 is 11.8 Å². The molecule has 0 heterocycles. The first-order valence-electron chi connectivity index (χ1n) is 3.85. The molecule has 0 atom stereocenters. The van der Waals surface area contributed by atoms with Crippen molar-refractivity contribution in [2.75, 3.05) is 12.0 Å². The highest BCUT2D eigenvalue weighted by Gasteiger charge is 2.26. The van der Waals surface area contributed by atoms with E-state index in [-0.39, 0.29) is 0 Å². The summed E-state index contributed by atoms with van der Waals surface area (Å²) in [6.07, 6.45) is 6.64. The lowest BCUT2D eigenvalue weighted by molar-refractivity contribution is 0.211. The fraction of sp³-hybridized carbons (Fsp3) is 1.00. The third-order valence-electron chi connectivity index (χ3n) is 2.31. The smallest absolute Gasteiger partial charge is 0.00417 e. The Balaban J connectivity index is 1.98. The summed E-state index contributed by atoms with van der Waals surface area (Å²) < 4.78 is 0. The van der Waals surface area contributed by atoms with E-state index in [1.54, 1.807) is 0 Å². The standard InChI is InChI=1S/C8H16S/c1-3-7-4-8(5-7)6-9-2/h7-8H,3-6H2,1-2H3. The molecule has 1 rings (SSSR count). The van der Waals surface area contributed by atoms with Crippen molar-refractivity contribution in [3.05, 3.63) is 0 Å². The van der Waals surface area contributed by atoms with Gasteiger partial charge in [0.2, 0.25) is 0 Å². The van der Waals surface area contributed by atoms with Crippen LogP contribution in [-0.2, 0) is 0 Å². The maximum Gasteiger partial charge on any atom is -0.00417 e. The highest BCUT2D eigenvalue weighted by molar-refractivity contribution is 7.98. The van der Waals surface area contributed by atoms with Crippen LogP contribution < -0.4 is 0 Å². The van der Waals surface area contributed by atoms with Crippen molar-refractivity contribution in [1.29, 1.82) is 0 Å². The Labute approximate surface area is 62.4 Å². The van der Waals surface area contributed by atoms with Crippen molar-refractivity contribution in [3.8, 4) is 0 Å². The maximum atomic E-state index is 2.31. The highest BCUT2D eigenvalue weighted by atomic mass is 32.2. The van der Waals surface area contributed by atoms with Gasteiger partial charge in [0.25, 0.3) is 0 Å². The molecule has 54 valence electrons. The van der Waals surface area contributed by atoms with Crippen LogP contribution in [0, 0.1) is 11.8 Å². The van der Waals surface area contributed by atoms with Gasteiger partial charge in [-0.1, -0.05) is 13.3 Å². The molecule has 0 amide bonds. The molecule has 0 spiro atoms. The van der Waals surface area contributed by atoms with Crippen LogP contribution in [0.5, 0.6) is 0 Å². The molecule has 1 aliphatic carbocycles. The first kappa shape index (κ1) is 7.46. The van der Waals surface area contributed by atoms with E-state index >= 15 is 0 Å². The molecule has 0 aliphatic heterocycles. The van der Waals surface area contributed by atoms with E-state index in [9.17, 15) is 0 Å². The van der Waals surface area contributed by atoms with E-state index in [2.05, 4.69) is 13.2 Å². The number of rotatable bonds is 3. The molecule has 1 saturated carbocycles. The van der Waals surface area contributed by atoms with Crippen LogP contribution in [0.15, 0.2) is 0 Å². The van der Waals surface area contributed by atoms with Crippen molar-refractivity contribution in [1.82, 2.24) is 0 Å². The summed E-state index contributed by atoms with van der Waals surface area (Å²) in [7, 11) is 0. The first-order valence-corrected chi connectivity index (χ1v) is 5.25. The van der Waals surface area contributed by atoms with Gasteiger partial charge in [0.05, 0.1) is 0 Å². The number of hydrogen-bond acceptors (Lipinski definition) is 1. The van der Waals surface area contributed by atoms with Crippen LogP contribution in [0.25, 0.3) is 0 Å². The minimum Gasteiger partial charge on any atom is -0.165 e. The summed E-state index contributed by atoms with van der Waals surface area (Å²) in [4.78, 5) is 0. The van der Waals surface area contributed by atoms with Crippen molar-refractivity contribution in [3.63, 3.8) is 0 Å². The van der Waals surface area contributed by atoms with Crippen LogP contribution in [0.1, 0.15) is 26.2 Å². The third-order valence-corrected chi connectivity index (χ3v) is 3.12. The van der Waals surface area contributed by atoms with Gasteiger partial charge < -0.3 is 0 Å². The summed E-state index contributed by atoms with van der Waals surface area (Å²) in [6, 6.07) is 0. The van der Waals surface area contributed by atoms with Gasteiger partial charge in [-0.3, -0.25) is 0 Å². The Kier molecular flexibility index (Phi) is 2.90. The zero-order chi connectivity index (χ0) is 6.69. The van der Waals surface area contributed by atoms with Gasteiger partial charge in [0, 0.05) is 0 Å². The lowest BCUT2D eigenvalue weighted by Crippen LogP contribution is -2.24. The first-order chi connectivity index (χ1) is 4.36. The second kappa shape index (κ2) is 3.50. The fourth-order valence-corrected chi connectivity index (χ4v) is 2.32. The monoisotopic (exact) mass is 144 g/mol. The molecule has 0 radical (unpaired) electrons. The van der Waals surface area contributed by atoms with Gasteiger partial charge >= 0.3 is 0 Å². The van der Waals surface area contributed by atoms with E-state index in [1.165, 1.54) is 25.0 Å². The Morgan fingerprint density at radius 3 is 2.44 bits per heavy atom. The SMILES string of the molecule is CCC1CC(CSC)C1. The van der Waals surface area contributed by atoms with Gasteiger partial charge in [-0.2, -0.15) is 11.8 Å². The second-order valence-corrected chi connectivity index (χ2v) is 3.98. The zero-order valence-electron chi connectivity index (χ0n) is 6.39. The summed E-state index contributed by atoms with van der Waals surface area (Å²) in [5, 5.41) is 0. The lowest BCUT2D eigenvalue weighted by Gasteiger charge is -2.34. The van der Waals surface area contributed by atoms with E-state index in [4.69, 9.17) is 0 Å². The zero-order valence-corrected chi connectivity index (χ0v) is 7.21. The molecule has 9 heavy (non-hydrogen) atoms. The quantitative estimate of drug-likeness (QED) is 0.587. The van der Waals surface area contributed by atoms with Crippen molar-refractivity contribution in [2.24, 2.45) is 11.8 Å². The van der Waals surface area contributed by atoms with Crippen molar-refractivity contribution in [2.45, 2.75) is 26.2 Å². The summed E-state index contributed by atoms with van der Waals surface area (Å²) in [5.74, 6) is 3.56. The lowest BCUT2D eigenvalue weighted by atomic mass is 9.75. The van der Waals surface area contributed by atoms with E-state index in [0.29, 0.717) is 0 Å². The van der Waals surface area contributed by atoms with Gasteiger partial charge in [0.15, 0.2) is 0 Å². The predicted octanol–water partition coefficient (Wildman–Crippen LogP) is 2.79. The van der Waals surface area contributed by atoms with E-state index in [1.807, 2.05) is 11.8 Å². The molecular formula is C8H16S. The van der Waals surface area contributed by atoms with Gasteiger partial charge in [-0.25, -0.2) is 0 Å². The molecule has 0 unspecified atom stereocenters. The van der Waals surface area contributed by atoms with E-state index < -0.39 is 0 Å². The van der Waals surface area contributed by atoms with Crippen LogP contribution in [-0.4, -0.2) is 12.0 Å². The molecule has 0 saturated heterocycles. The van der Waals surface area contributed by atoms with Crippen LogP contribution in [0.2, 0.25) is 0 Å². The molecule has 1 heteroatoms. The summed E-state index contributed by atoms with van der Waals surface area (Å²) >= 11 is 2.00. The number of hydrogen-bond donors (Lipinski definition) is 0. The Morgan fingerprint density at radius 1 is 1.33 bits per heavy atom. The van der Waals surface area contributed by atoms with Crippen LogP contribution >= 0.6 is 11.8 Å². The summed E-state index contributed by atoms with van der Waals surface area (Å²) in [6.45, 7) is 2.31. The molecule has 1 fully saturated rings. The van der Waals surface area contributed by atoms with Gasteiger partial charge in [-0.05, 0) is 36.7 Å². The number of thioether (sulfide) groups is 1. The average molecular weight is 144 g/mol. The molecule has 0 aromatic carbocycles. The Bertz CT molecular complexity index is 74.6. The van der Waals surface area contributed by atoms with Crippen LogP contribution in [0.4, 0.5) is 0 Å². The molecule has 0 aromatic rings. The Morgan fingerprint density at radius 2 is 2.00 bits per heavy atom. The summed E-state index contributed by atoms with van der Waals surface area (Å²) in [5.41, 5.74) is 0. The fourth-order valence-electron chi connectivity index (χ4n) is 1.58. The predicted molar refractivity (Wildman–Crippen MR) is 44.9 cm³/mol. The molecule has 1 aliphatic rings. The Hall–Kier alpha value is 0.350. The molecule has 0 N–H and O–H groups in total. The van der Waals surface area contributed by atoms with Crippen molar-refractivity contribution < 1.29 is 0 Å². The highest BCUT2D eigenvalue weighted by Crippen LogP contribution is 2.37. The topological polar surface area (TPSA) is 0 Å². The largest absolute Gasteiger partial charge is 0.165 e. The van der Waals surface area contributed by atoms with E-state index in [0.717, 1.165) is 11.8 Å². The van der Waals surface area contributed by atoms with Crippen LogP contribution in [0.3, 0.4) is 0 Å². The second-order valence-electron chi connectivity index (χ2n) is 3.07. The minimum atomic E-state index is 1.07. The maximum absolute atomic E-state index is 2.31.